The van der Waals surface area contributed by atoms with Crippen molar-refractivity contribution in [1.82, 2.24) is 14.8 Å². The molecule has 0 radical (unpaired) electrons. The summed E-state index contributed by atoms with van der Waals surface area (Å²) in [7, 11) is 0. The summed E-state index contributed by atoms with van der Waals surface area (Å²) in [4.78, 5) is 16.2. The molecule has 21 heavy (non-hydrogen) atoms. The van der Waals surface area contributed by atoms with Gasteiger partial charge in [0.2, 0.25) is 0 Å². The fraction of sp³-hybridized carbons (Fsp3) is 0.400. The second-order valence-electron chi connectivity index (χ2n) is 5.29. The Morgan fingerprint density at radius 3 is 2.71 bits per heavy atom. The van der Waals surface area contributed by atoms with Crippen LogP contribution in [0, 0.1) is 5.92 Å². The zero-order chi connectivity index (χ0) is 15.2. The third kappa shape index (κ3) is 4.39. The molecule has 6 heteroatoms. The Labute approximate surface area is 132 Å². The summed E-state index contributed by atoms with van der Waals surface area (Å²) in [6.45, 7) is 5.47. The van der Waals surface area contributed by atoms with Gasteiger partial charge in [0.05, 0.1) is 11.9 Å². The number of halogens is 1. The van der Waals surface area contributed by atoms with Crippen molar-refractivity contribution in [3.05, 3.63) is 51.1 Å². The summed E-state index contributed by atoms with van der Waals surface area (Å²) in [5.74, 6) is 0.382. The van der Waals surface area contributed by atoms with Crippen LogP contribution in [0.4, 0.5) is 5.69 Å². The summed E-state index contributed by atoms with van der Waals surface area (Å²) in [6, 6.07) is 3.96. The zero-order valence-electron chi connectivity index (χ0n) is 12.2. The average Bonchev–Trinajstić information content (AvgIpc) is 2.47. The first kappa shape index (κ1) is 15.7. The Balaban J connectivity index is 2.01. The Bertz CT molecular complexity index is 640. The minimum Gasteiger partial charge on any atom is -0.382 e. The molecular formula is C15H19BrN4O. The lowest BCUT2D eigenvalue weighted by molar-refractivity contribution is 0.462. The van der Waals surface area contributed by atoms with Crippen molar-refractivity contribution in [1.29, 1.82) is 0 Å². The Morgan fingerprint density at radius 2 is 2.05 bits per heavy atom. The largest absolute Gasteiger partial charge is 0.382 e. The lowest BCUT2D eigenvalue weighted by atomic mass is 10.2. The number of rotatable bonds is 6. The molecule has 0 unspecified atom stereocenters. The van der Waals surface area contributed by atoms with Gasteiger partial charge in [-0.25, -0.2) is 4.68 Å². The van der Waals surface area contributed by atoms with Crippen LogP contribution in [0.25, 0.3) is 0 Å². The summed E-state index contributed by atoms with van der Waals surface area (Å²) in [5, 5.41) is 7.45. The van der Waals surface area contributed by atoms with E-state index in [4.69, 9.17) is 0 Å². The zero-order valence-corrected chi connectivity index (χ0v) is 13.8. The van der Waals surface area contributed by atoms with Gasteiger partial charge in [-0.2, -0.15) is 5.10 Å². The van der Waals surface area contributed by atoms with Crippen molar-refractivity contribution in [3.8, 4) is 0 Å². The van der Waals surface area contributed by atoms with Crippen LogP contribution in [0.15, 0.2) is 40.0 Å². The lowest BCUT2D eigenvalue weighted by Gasteiger charge is -2.11. The fourth-order valence-corrected chi connectivity index (χ4v) is 2.40. The molecule has 0 bridgehead atoms. The van der Waals surface area contributed by atoms with E-state index in [1.807, 2.05) is 12.1 Å². The molecule has 0 saturated carbocycles. The van der Waals surface area contributed by atoms with Crippen molar-refractivity contribution in [2.24, 2.45) is 5.92 Å². The molecule has 1 N–H and O–H groups in total. The number of hydrogen-bond donors (Lipinski definition) is 1. The van der Waals surface area contributed by atoms with E-state index in [9.17, 15) is 4.79 Å². The molecule has 0 aliphatic heterocycles. The number of hydrogen-bond acceptors (Lipinski definition) is 4. The highest BCUT2D eigenvalue weighted by molar-refractivity contribution is 9.10. The normalized spacial score (nSPS) is 10.9. The van der Waals surface area contributed by atoms with E-state index in [-0.39, 0.29) is 5.56 Å². The number of nitrogens with zero attached hydrogens (tertiary/aromatic N) is 3. The van der Waals surface area contributed by atoms with Gasteiger partial charge in [0, 0.05) is 25.5 Å². The van der Waals surface area contributed by atoms with Crippen LogP contribution < -0.4 is 10.9 Å². The predicted molar refractivity (Wildman–Crippen MR) is 87.5 cm³/mol. The Kier molecular flexibility index (Phi) is 5.50. The van der Waals surface area contributed by atoms with Crippen LogP contribution in [0.5, 0.6) is 0 Å². The predicted octanol–water partition coefficient (Wildman–Crippen LogP) is 2.71. The van der Waals surface area contributed by atoms with E-state index in [1.165, 1.54) is 10.2 Å². The van der Waals surface area contributed by atoms with Crippen molar-refractivity contribution in [2.75, 3.05) is 11.9 Å². The molecular weight excluding hydrogens is 332 g/mol. The SMILES string of the molecule is CC(C)Cn1ncc(NCCc2ccncc2)c(Br)c1=O. The first-order valence-corrected chi connectivity index (χ1v) is 7.75. The summed E-state index contributed by atoms with van der Waals surface area (Å²) >= 11 is 3.36. The molecule has 0 spiro atoms. The van der Waals surface area contributed by atoms with Crippen molar-refractivity contribution in [3.63, 3.8) is 0 Å². The molecule has 2 aromatic heterocycles. The van der Waals surface area contributed by atoms with Crippen LogP contribution in [-0.2, 0) is 13.0 Å². The molecule has 0 aliphatic carbocycles. The van der Waals surface area contributed by atoms with E-state index >= 15 is 0 Å². The maximum atomic E-state index is 12.2. The van der Waals surface area contributed by atoms with Crippen LogP contribution in [0.3, 0.4) is 0 Å². The van der Waals surface area contributed by atoms with E-state index in [0.717, 1.165) is 18.7 Å². The maximum absolute atomic E-state index is 12.2. The van der Waals surface area contributed by atoms with Crippen LogP contribution in [-0.4, -0.2) is 21.3 Å². The second-order valence-corrected chi connectivity index (χ2v) is 6.08. The van der Waals surface area contributed by atoms with Gasteiger partial charge in [0.25, 0.3) is 5.56 Å². The van der Waals surface area contributed by atoms with Gasteiger partial charge in [0.15, 0.2) is 0 Å². The summed E-state index contributed by atoms with van der Waals surface area (Å²) in [6.07, 6.45) is 6.12. The Morgan fingerprint density at radius 1 is 1.33 bits per heavy atom. The highest BCUT2D eigenvalue weighted by Crippen LogP contribution is 2.16. The van der Waals surface area contributed by atoms with Crippen molar-refractivity contribution in [2.45, 2.75) is 26.8 Å². The molecule has 0 aromatic carbocycles. The van der Waals surface area contributed by atoms with E-state index in [1.54, 1.807) is 18.6 Å². The molecule has 0 amide bonds. The summed E-state index contributed by atoms with van der Waals surface area (Å²) in [5.41, 5.74) is 1.83. The first-order valence-electron chi connectivity index (χ1n) is 6.96. The van der Waals surface area contributed by atoms with Crippen LogP contribution >= 0.6 is 15.9 Å². The van der Waals surface area contributed by atoms with Crippen LogP contribution in [0.2, 0.25) is 0 Å². The van der Waals surface area contributed by atoms with Gasteiger partial charge in [0.1, 0.15) is 4.47 Å². The average molecular weight is 351 g/mol. The molecule has 2 rings (SSSR count). The third-order valence-corrected chi connectivity index (χ3v) is 3.77. The highest BCUT2D eigenvalue weighted by Gasteiger charge is 2.09. The van der Waals surface area contributed by atoms with Crippen LogP contribution in [0.1, 0.15) is 19.4 Å². The van der Waals surface area contributed by atoms with Crippen molar-refractivity contribution < 1.29 is 0 Å². The fourth-order valence-electron chi connectivity index (χ4n) is 1.96. The molecule has 112 valence electrons. The highest BCUT2D eigenvalue weighted by atomic mass is 79.9. The van der Waals surface area contributed by atoms with Gasteiger partial charge in [-0.3, -0.25) is 9.78 Å². The molecule has 0 atom stereocenters. The van der Waals surface area contributed by atoms with E-state index in [2.05, 4.69) is 45.2 Å². The van der Waals surface area contributed by atoms with Gasteiger partial charge in [-0.15, -0.1) is 0 Å². The maximum Gasteiger partial charge on any atom is 0.283 e. The van der Waals surface area contributed by atoms with Crippen molar-refractivity contribution >= 4 is 21.6 Å². The number of nitrogens with one attached hydrogen (secondary N) is 1. The van der Waals surface area contributed by atoms with E-state index in [0.29, 0.717) is 16.9 Å². The number of anilines is 1. The molecule has 2 aromatic rings. The van der Waals surface area contributed by atoms with E-state index < -0.39 is 0 Å². The van der Waals surface area contributed by atoms with Gasteiger partial charge in [-0.05, 0) is 46.0 Å². The lowest BCUT2D eigenvalue weighted by Crippen LogP contribution is -2.26. The Hall–Kier alpha value is -1.69. The van der Waals surface area contributed by atoms with Gasteiger partial charge in [-0.1, -0.05) is 13.8 Å². The minimum absolute atomic E-state index is 0.0994. The smallest absolute Gasteiger partial charge is 0.283 e. The van der Waals surface area contributed by atoms with Gasteiger partial charge < -0.3 is 5.32 Å². The van der Waals surface area contributed by atoms with Gasteiger partial charge >= 0.3 is 0 Å². The molecule has 0 fully saturated rings. The number of aromatic nitrogens is 3. The first-order chi connectivity index (χ1) is 10.1. The molecule has 5 nitrogen and oxygen atoms in total. The molecule has 0 saturated heterocycles. The molecule has 2 heterocycles. The minimum atomic E-state index is -0.0994. The monoisotopic (exact) mass is 350 g/mol. The third-order valence-electron chi connectivity index (χ3n) is 3.00. The standard InChI is InChI=1S/C15H19BrN4O/c1-11(2)10-20-15(21)14(16)13(9-19-20)18-8-5-12-3-6-17-7-4-12/h3-4,6-7,9,11,18H,5,8,10H2,1-2H3. The summed E-state index contributed by atoms with van der Waals surface area (Å²) < 4.78 is 2.02. The topological polar surface area (TPSA) is 59.8 Å². The second kappa shape index (κ2) is 7.36. The molecule has 0 aliphatic rings. The quantitative estimate of drug-likeness (QED) is 0.869. The number of pyridine rings is 1.